The minimum atomic E-state index is 0.0191. The Kier molecular flexibility index (Phi) is 3.14. The standard InChI is InChI=1S/C11H10BrN3O/c1-15-10(7-13-14-15)11(16)6-8-3-2-4-9(12)5-8/h2-5,7H,6H2,1H3. The fraction of sp³-hybridized carbons (Fsp3) is 0.182. The van der Waals surface area contributed by atoms with Crippen LogP contribution in [0, 0.1) is 0 Å². The molecule has 4 nitrogen and oxygen atoms in total. The van der Waals surface area contributed by atoms with Gasteiger partial charge in [-0.15, -0.1) is 5.10 Å². The van der Waals surface area contributed by atoms with E-state index in [1.807, 2.05) is 24.3 Å². The first-order valence-corrected chi connectivity index (χ1v) is 5.58. The maximum Gasteiger partial charge on any atom is 0.186 e. The number of Topliss-reactive ketones (excluding diaryl/α,β-unsaturated/α-hetero) is 1. The Labute approximate surface area is 101 Å². The number of hydrogen-bond acceptors (Lipinski definition) is 3. The summed E-state index contributed by atoms with van der Waals surface area (Å²) in [6, 6.07) is 7.70. The molecule has 2 rings (SSSR count). The summed E-state index contributed by atoms with van der Waals surface area (Å²) in [6.07, 6.45) is 1.85. The van der Waals surface area contributed by atoms with E-state index < -0.39 is 0 Å². The summed E-state index contributed by atoms with van der Waals surface area (Å²) in [7, 11) is 1.71. The molecule has 0 fully saturated rings. The fourth-order valence-electron chi connectivity index (χ4n) is 1.47. The highest BCUT2D eigenvalue weighted by Crippen LogP contribution is 2.13. The number of aryl methyl sites for hydroxylation is 1. The quantitative estimate of drug-likeness (QED) is 0.808. The van der Waals surface area contributed by atoms with Crippen molar-refractivity contribution in [3.05, 3.63) is 46.2 Å². The molecule has 0 aliphatic heterocycles. The van der Waals surface area contributed by atoms with E-state index in [4.69, 9.17) is 0 Å². The number of rotatable bonds is 3. The maximum absolute atomic E-state index is 11.9. The highest BCUT2D eigenvalue weighted by atomic mass is 79.9. The van der Waals surface area contributed by atoms with E-state index in [0.717, 1.165) is 10.0 Å². The van der Waals surface area contributed by atoms with Crippen LogP contribution < -0.4 is 0 Å². The van der Waals surface area contributed by atoms with Gasteiger partial charge in [0.15, 0.2) is 5.78 Å². The molecule has 82 valence electrons. The normalized spacial score (nSPS) is 10.4. The molecule has 0 saturated heterocycles. The number of aromatic nitrogens is 3. The SMILES string of the molecule is Cn1nncc1C(=O)Cc1cccc(Br)c1. The van der Waals surface area contributed by atoms with Crippen LogP contribution in [0.1, 0.15) is 16.1 Å². The van der Waals surface area contributed by atoms with Crippen LogP contribution in [0.4, 0.5) is 0 Å². The molecule has 0 atom stereocenters. The Bertz CT molecular complexity index is 521. The van der Waals surface area contributed by atoms with E-state index >= 15 is 0 Å². The van der Waals surface area contributed by atoms with Gasteiger partial charge in [0.2, 0.25) is 0 Å². The summed E-state index contributed by atoms with van der Waals surface area (Å²) in [5.41, 5.74) is 1.50. The summed E-state index contributed by atoms with van der Waals surface area (Å²) in [5, 5.41) is 7.42. The third-order valence-electron chi connectivity index (χ3n) is 2.25. The largest absolute Gasteiger partial charge is 0.292 e. The van der Waals surface area contributed by atoms with Gasteiger partial charge < -0.3 is 0 Å². The summed E-state index contributed by atoms with van der Waals surface area (Å²) < 4.78 is 2.46. The second kappa shape index (κ2) is 4.57. The molecular formula is C11H10BrN3O. The molecule has 0 aliphatic carbocycles. The summed E-state index contributed by atoms with van der Waals surface area (Å²) >= 11 is 3.37. The van der Waals surface area contributed by atoms with Crippen molar-refractivity contribution in [2.24, 2.45) is 7.05 Å². The second-order valence-electron chi connectivity index (χ2n) is 3.47. The zero-order chi connectivity index (χ0) is 11.5. The van der Waals surface area contributed by atoms with Gasteiger partial charge in [0.1, 0.15) is 5.69 Å². The molecule has 16 heavy (non-hydrogen) atoms. The Balaban J connectivity index is 2.17. The number of benzene rings is 1. The van der Waals surface area contributed by atoms with Crippen molar-refractivity contribution in [2.75, 3.05) is 0 Å². The smallest absolute Gasteiger partial charge is 0.186 e. The fourth-order valence-corrected chi connectivity index (χ4v) is 1.91. The topological polar surface area (TPSA) is 47.8 Å². The van der Waals surface area contributed by atoms with Crippen LogP contribution in [0.5, 0.6) is 0 Å². The zero-order valence-electron chi connectivity index (χ0n) is 8.72. The molecule has 0 N–H and O–H groups in total. The van der Waals surface area contributed by atoms with Crippen LogP contribution in [0.3, 0.4) is 0 Å². The molecule has 2 aromatic rings. The van der Waals surface area contributed by atoms with E-state index in [-0.39, 0.29) is 5.78 Å². The van der Waals surface area contributed by atoms with E-state index in [0.29, 0.717) is 12.1 Å². The van der Waals surface area contributed by atoms with Crippen molar-refractivity contribution in [1.29, 1.82) is 0 Å². The maximum atomic E-state index is 11.9. The lowest BCUT2D eigenvalue weighted by atomic mass is 10.1. The third kappa shape index (κ3) is 2.36. The molecule has 0 amide bonds. The number of hydrogen-bond donors (Lipinski definition) is 0. The summed E-state index contributed by atoms with van der Waals surface area (Å²) in [6.45, 7) is 0. The monoisotopic (exact) mass is 279 g/mol. The summed E-state index contributed by atoms with van der Waals surface area (Å²) in [5.74, 6) is 0.0191. The van der Waals surface area contributed by atoms with Crippen molar-refractivity contribution in [2.45, 2.75) is 6.42 Å². The van der Waals surface area contributed by atoms with E-state index in [2.05, 4.69) is 26.2 Å². The average Bonchev–Trinajstić information content (AvgIpc) is 2.64. The van der Waals surface area contributed by atoms with Crippen molar-refractivity contribution in [1.82, 2.24) is 15.0 Å². The number of nitrogens with zero attached hydrogens (tertiary/aromatic N) is 3. The number of ketones is 1. The van der Waals surface area contributed by atoms with Crippen molar-refractivity contribution >= 4 is 21.7 Å². The van der Waals surface area contributed by atoms with Crippen molar-refractivity contribution < 1.29 is 4.79 Å². The van der Waals surface area contributed by atoms with Gasteiger partial charge in [0.25, 0.3) is 0 Å². The van der Waals surface area contributed by atoms with Gasteiger partial charge in [-0.2, -0.15) is 0 Å². The number of carbonyl (C=O) groups is 1. The van der Waals surface area contributed by atoms with Crippen molar-refractivity contribution in [3.63, 3.8) is 0 Å². The molecule has 0 radical (unpaired) electrons. The van der Waals surface area contributed by atoms with Gasteiger partial charge in [0, 0.05) is 17.9 Å². The van der Waals surface area contributed by atoms with Gasteiger partial charge in [-0.05, 0) is 17.7 Å². The highest BCUT2D eigenvalue weighted by molar-refractivity contribution is 9.10. The molecule has 0 unspecified atom stereocenters. The van der Waals surface area contributed by atoms with Gasteiger partial charge in [-0.1, -0.05) is 33.3 Å². The first-order valence-electron chi connectivity index (χ1n) is 4.79. The highest BCUT2D eigenvalue weighted by Gasteiger charge is 2.11. The van der Waals surface area contributed by atoms with Crippen LogP contribution in [-0.4, -0.2) is 20.8 Å². The predicted octanol–water partition coefficient (Wildman–Crippen LogP) is 2.00. The average molecular weight is 280 g/mol. The van der Waals surface area contributed by atoms with Crippen LogP contribution >= 0.6 is 15.9 Å². The predicted molar refractivity (Wildman–Crippen MR) is 63.2 cm³/mol. The van der Waals surface area contributed by atoms with Crippen LogP contribution in [0.2, 0.25) is 0 Å². The van der Waals surface area contributed by atoms with Gasteiger partial charge in [0.05, 0.1) is 6.20 Å². The van der Waals surface area contributed by atoms with Crippen molar-refractivity contribution in [3.8, 4) is 0 Å². The molecule has 1 aromatic heterocycles. The molecule has 1 aromatic carbocycles. The lowest BCUT2D eigenvalue weighted by Crippen LogP contribution is -2.09. The molecule has 0 bridgehead atoms. The van der Waals surface area contributed by atoms with E-state index in [1.54, 1.807) is 7.05 Å². The van der Waals surface area contributed by atoms with Gasteiger partial charge in [-0.3, -0.25) is 4.79 Å². The minimum absolute atomic E-state index is 0.0191. The minimum Gasteiger partial charge on any atom is -0.292 e. The number of carbonyl (C=O) groups excluding carboxylic acids is 1. The molecule has 0 saturated carbocycles. The Hall–Kier alpha value is -1.49. The molecule has 0 spiro atoms. The summed E-state index contributed by atoms with van der Waals surface area (Å²) in [4.78, 5) is 11.9. The van der Waals surface area contributed by atoms with E-state index in [1.165, 1.54) is 10.9 Å². The second-order valence-corrected chi connectivity index (χ2v) is 4.39. The lowest BCUT2D eigenvalue weighted by Gasteiger charge is -2.01. The molecular weight excluding hydrogens is 270 g/mol. The lowest BCUT2D eigenvalue weighted by molar-refractivity contribution is 0.0984. The first-order chi connectivity index (χ1) is 7.66. The molecule has 1 heterocycles. The zero-order valence-corrected chi connectivity index (χ0v) is 10.3. The molecule has 0 aliphatic rings. The number of halogens is 1. The van der Waals surface area contributed by atoms with Crippen LogP contribution in [0.25, 0.3) is 0 Å². The van der Waals surface area contributed by atoms with Crippen LogP contribution in [0.15, 0.2) is 34.9 Å². The Morgan fingerprint density at radius 3 is 2.94 bits per heavy atom. The van der Waals surface area contributed by atoms with Gasteiger partial charge in [-0.25, -0.2) is 4.68 Å². The Morgan fingerprint density at radius 2 is 2.31 bits per heavy atom. The third-order valence-corrected chi connectivity index (χ3v) is 2.75. The molecule has 5 heteroatoms. The van der Waals surface area contributed by atoms with Crippen LogP contribution in [-0.2, 0) is 13.5 Å². The van der Waals surface area contributed by atoms with Gasteiger partial charge >= 0.3 is 0 Å². The van der Waals surface area contributed by atoms with E-state index in [9.17, 15) is 4.79 Å². The first kappa shape index (κ1) is 11.0. The Morgan fingerprint density at radius 1 is 1.50 bits per heavy atom.